The molecule has 7 heteroatoms. The van der Waals surface area contributed by atoms with Crippen molar-refractivity contribution in [3.05, 3.63) is 35.9 Å². The minimum absolute atomic E-state index is 0.225. The van der Waals surface area contributed by atoms with Gasteiger partial charge in [0.2, 0.25) is 0 Å². The quantitative estimate of drug-likeness (QED) is 0.740. The van der Waals surface area contributed by atoms with Gasteiger partial charge in [-0.05, 0) is 12.0 Å². The molecule has 0 amide bonds. The van der Waals surface area contributed by atoms with E-state index in [0.29, 0.717) is 0 Å². The molecule has 0 bridgehead atoms. The maximum Gasteiger partial charge on any atom is 0.443 e. The van der Waals surface area contributed by atoms with Gasteiger partial charge < -0.3 is 20.1 Å². The van der Waals surface area contributed by atoms with Gasteiger partial charge >= 0.3 is 6.18 Å². The van der Waals surface area contributed by atoms with Gasteiger partial charge in [0.25, 0.3) is 5.79 Å². The number of rotatable bonds is 4. The van der Waals surface area contributed by atoms with E-state index in [0.717, 1.165) is 0 Å². The van der Waals surface area contributed by atoms with Crippen LogP contribution in [0.15, 0.2) is 30.3 Å². The summed E-state index contributed by atoms with van der Waals surface area (Å²) < 4.78 is 37.1. The number of halogens is 3. The van der Waals surface area contributed by atoms with E-state index in [2.05, 4.69) is 0 Å². The third kappa shape index (κ3) is 2.99. The van der Waals surface area contributed by atoms with E-state index in [-0.39, 0.29) is 5.56 Å². The first kappa shape index (κ1) is 14.5. The standard InChI is InChI=1S/C11H11F3O4/c12-11(13,14)10(17,18)8(9(15)16)6-7-4-2-1-3-5-7/h1-5,8,17-18H,6H2,(H,15,16)/p-1. The molecular formula is C11H10F3O4-. The van der Waals surface area contributed by atoms with E-state index in [1.54, 1.807) is 6.07 Å². The largest absolute Gasteiger partial charge is 0.550 e. The van der Waals surface area contributed by atoms with Gasteiger partial charge in [0.1, 0.15) is 0 Å². The minimum Gasteiger partial charge on any atom is -0.550 e. The van der Waals surface area contributed by atoms with Crippen molar-refractivity contribution in [2.75, 3.05) is 0 Å². The average molecular weight is 263 g/mol. The van der Waals surface area contributed by atoms with Crippen molar-refractivity contribution >= 4 is 5.97 Å². The molecule has 0 aliphatic carbocycles. The van der Waals surface area contributed by atoms with Gasteiger partial charge in [-0.15, -0.1) is 0 Å². The summed E-state index contributed by atoms with van der Waals surface area (Å²) in [4.78, 5) is 10.7. The number of carboxylic acid groups (broad SMARTS) is 1. The highest BCUT2D eigenvalue weighted by Crippen LogP contribution is 2.35. The Bertz CT molecular complexity index is 414. The summed E-state index contributed by atoms with van der Waals surface area (Å²) in [5.41, 5.74) is 0.225. The van der Waals surface area contributed by atoms with Crippen molar-refractivity contribution in [3.8, 4) is 0 Å². The number of hydrogen-bond acceptors (Lipinski definition) is 4. The lowest BCUT2D eigenvalue weighted by Crippen LogP contribution is -2.57. The minimum atomic E-state index is -5.48. The summed E-state index contributed by atoms with van der Waals surface area (Å²) >= 11 is 0. The number of carbonyl (C=O) groups excluding carboxylic acids is 1. The SMILES string of the molecule is O=C([O-])C(Cc1ccccc1)C(O)(O)C(F)(F)F. The molecule has 0 aliphatic rings. The zero-order valence-corrected chi connectivity index (χ0v) is 9.02. The predicted octanol–water partition coefficient (Wildman–Crippen LogP) is -0.162. The number of carbonyl (C=O) groups is 1. The molecule has 1 rings (SSSR count). The van der Waals surface area contributed by atoms with Gasteiger partial charge in [0, 0.05) is 0 Å². The van der Waals surface area contributed by atoms with Crippen LogP contribution in [-0.2, 0) is 11.2 Å². The summed E-state index contributed by atoms with van der Waals surface area (Å²) in [6.45, 7) is 0. The Hall–Kier alpha value is -1.60. The van der Waals surface area contributed by atoms with Crippen LogP contribution in [0.5, 0.6) is 0 Å². The lowest BCUT2D eigenvalue weighted by atomic mass is 9.91. The topological polar surface area (TPSA) is 80.6 Å². The maximum atomic E-state index is 12.4. The van der Waals surface area contributed by atoms with Crippen molar-refractivity contribution in [3.63, 3.8) is 0 Å². The first-order chi connectivity index (χ1) is 8.16. The normalized spacial score (nSPS) is 14.3. The van der Waals surface area contributed by atoms with Crippen molar-refractivity contribution in [1.29, 1.82) is 0 Å². The zero-order valence-electron chi connectivity index (χ0n) is 9.02. The van der Waals surface area contributed by atoms with Crippen LogP contribution >= 0.6 is 0 Å². The summed E-state index contributed by atoms with van der Waals surface area (Å²) in [7, 11) is 0. The first-order valence-corrected chi connectivity index (χ1v) is 4.92. The van der Waals surface area contributed by atoms with Gasteiger partial charge in [-0.25, -0.2) is 0 Å². The van der Waals surface area contributed by atoms with E-state index in [9.17, 15) is 23.1 Å². The van der Waals surface area contributed by atoms with Gasteiger partial charge in [-0.1, -0.05) is 30.3 Å². The average Bonchev–Trinajstić information content (AvgIpc) is 2.25. The molecule has 1 atom stereocenters. The summed E-state index contributed by atoms with van der Waals surface area (Å²) in [6, 6.07) is 7.33. The highest BCUT2D eigenvalue weighted by Gasteiger charge is 2.58. The van der Waals surface area contributed by atoms with E-state index in [4.69, 9.17) is 10.2 Å². The molecular weight excluding hydrogens is 253 g/mol. The molecule has 4 nitrogen and oxygen atoms in total. The maximum absolute atomic E-state index is 12.4. The highest BCUT2D eigenvalue weighted by molar-refractivity contribution is 5.69. The fraction of sp³-hybridized carbons (Fsp3) is 0.364. The Morgan fingerprint density at radius 2 is 1.72 bits per heavy atom. The molecule has 0 spiro atoms. The van der Waals surface area contributed by atoms with Gasteiger partial charge in [-0.2, -0.15) is 13.2 Å². The summed E-state index contributed by atoms with van der Waals surface area (Å²) in [6.07, 6.45) is -6.18. The molecule has 0 fully saturated rings. The number of carboxylic acids is 1. The Kier molecular flexibility index (Phi) is 3.98. The third-order valence-corrected chi connectivity index (χ3v) is 2.47. The van der Waals surface area contributed by atoms with E-state index in [1.807, 2.05) is 0 Å². The van der Waals surface area contributed by atoms with Gasteiger partial charge in [-0.3, -0.25) is 0 Å². The number of benzene rings is 1. The van der Waals surface area contributed by atoms with E-state index >= 15 is 0 Å². The molecule has 0 radical (unpaired) electrons. The number of aliphatic hydroxyl groups is 2. The van der Waals surface area contributed by atoms with Crippen molar-refractivity contribution in [2.45, 2.75) is 18.4 Å². The van der Waals surface area contributed by atoms with Crippen LogP contribution < -0.4 is 5.11 Å². The van der Waals surface area contributed by atoms with Crippen LogP contribution in [0, 0.1) is 5.92 Å². The second-order valence-corrected chi connectivity index (χ2v) is 3.79. The highest BCUT2D eigenvalue weighted by atomic mass is 19.4. The molecule has 0 heterocycles. The molecule has 18 heavy (non-hydrogen) atoms. The van der Waals surface area contributed by atoms with Crippen LogP contribution in [0.25, 0.3) is 0 Å². The molecule has 100 valence electrons. The summed E-state index contributed by atoms with van der Waals surface area (Å²) in [5.74, 6) is -9.01. The number of alkyl halides is 3. The second-order valence-electron chi connectivity index (χ2n) is 3.79. The van der Waals surface area contributed by atoms with Crippen LogP contribution in [0.4, 0.5) is 13.2 Å². The van der Waals surface area contributed by atoms with Crippen molar-refractivity contribution in [2.24, 2.45) is 5.92 Å². The van der Waals surface area contributed by atoms with Crippen LogP contribution in [-0.4, -0.2) is 28.1 Å². The molecule has 0 saturated heterocycles. The fourth-order valence-corrected chi connectivity index (χ4v) is 1.44. The molecule has 0 aliphatic heterocycles. The van der Waals surface area contributed by atoms with Gasteiger partial charge in [0.15, 0.2) is 0 Å². The first-order valence-electron chi connectivity index (χ1n) is 4.92. The third-order valence-electron chi connectivity index (χ3n) is 2.47. The number of aliphatic carboxylic acids is 1. The second kappa shape index (κ2) is 4.95. The predicted molar refractivity (Wildman–Crippen MR) is 51.9 cm³/mol. The van der Waals surface area contributed by atoms with Gasteiger partial charge in [0.05, 0.1) is 11.9 Å². The molecule has 0 aromatic heterocycles. The molecule has 1 aromatic rings. The van der Waals surface area contributed by atoms with Crippen LogP contribution in [0.3, 0.4) is 0 Å². The Balaban J connectivity index is 3.02. The van der Waals surface area contributed by atoms with E-state index in [1.165, 1.54) is 24.3 Å². The smallest absolute Gasteiger partial charge is 0.443 e. The van der Waals surface area contributed by atoms with Crippen LogP contribution in [0.2, 0.25) is 0 Å². The molecule has 1 unspecified atom stereocenters. The summed E-state index contributed by atoms with van der Waals surface area (Å²) in [5, 5.41) is 28.6. The Morgan fingerprint density at radius 1 is 1.22 bits per heavy atom. The Morgan fingerprint density at radius 3 is 2.11 bits per heavy atom. The molecule has 2 N–H and O–H groups in total. The van der Waals surface area contributed by atoms with Crippen molar-refractivity contribution < 1.29 is 33.3 Å². The number of hydrogen-bond donors (Lipinski definition) is 2. The molecule has 0 saturated carbocycles. The monoisotopic (exact) mass is 263 g/mol. The Labute approximate surface area is 100 Å². The lowest BCUT2D eigenvalue weighted by Gasteiger charge is -2.33. The zero-order chi connectivity index (χ0) is 14.0. The van der Waals surface area contributed by atoms with Crippen LogP contribution in [0.1, 0.15) is 5.56 Å². The van der Waals surface area contributed by atoms with E-state index < -0.39 is 30.3 Å². The molecule has 1 aromatic carbocycles. The van der Waals surface area contributed by atoms with Crippen molar-refractivity contribution in [1.82, 2.24) is 0 Å². The lowest BCUT2D eigenvalue weighted by molar-refractivity contribution is -0.385. The fourth-order valence-electron chi connectivity index (χ4n) is 1.44.